The Balaban J connectivity index is 1.16. The second-order valence-corrected chi connectivity index (χ2v) is 8.98. The Bertz CT molecular complexity index is 1110. The molecule has 1 atom stereocenters. The number of aliphatic hydroxyl groups is 1. The van der Waals surface area contributed by atoms with Crippen molar-refractivity contribution in [2.24, 2.45) is 5.92 Å². The summed E-state index contributed by atoms with van der Waals surface area (Å²) < 4.78 is 1.94. The first-order valence-corrected chi connectivity index (χ1v) is 11.7. The van der Waals surface area contributed by atoms with Gasteiger partial charge in [-0.1, -0.05) is 30.3 Å². The van der Waals surface area contributed by atoms with E-state index in [1.165, 1.54) is 54.1 Å². The number of H-pyrrole nitrogens is 1. The number of aliphatic hydroxyl groups excluding tert-OH is 1. The van der Waals surface area contributed by atoms with Crippen molar-refractivity contribution in [1.29, 1.82) is 0 Å². The minimum Gasteiger partial charge on any atom is -0.394 e. The van der Waals surface area contributed by atoms with Crippen LogP contribution in [0.1, 0.15) is 49.3 Å². The third kappa shape index (κ3) is 4.61. The molecule has 0 spiro atoms. The predicted molar refractivity (Wildman–Crippen MR) is 127 cm³/mol. The first kappa shape index (κ1) is 20.9. The van der Waals surface area contributed by atoms with Gasteiger partial charge in [0.2, 0.25) is 0 Å². The minimum absolute atomic E-state index is 0.0314. The Morgan fingerprint density at radius 2 is 1.81 bits per heavy atom. The quantitative estimate of drug-likeness (QED) is 0.384. The van der Waals surface area contributed by atoms with Crippen LogP contribution in [-0.2, 0) is 6.42 Å². The molecule has 5 rings (SSSR count). The van der Waals surface area contributed by atoms with E-state index in [0.29, 0.717) is 6.04 Å². The molecule has 1 aliphatic carbocycles. The Kier molecular flexibility index (Phi) is 6.32. The highest BCUT2D eigenvalue weighted by Gasteiger charge is 2.23. The van der Waals surface area contributed by atoms with E-state index in [0.717, 1.165) is 18.0 Å². The average Bonchev–Trinajstić information content (AvgIpc) is 3.52. The molecule has 166 valence electrons. The van der Waals surface area contributed by atoms with Crippen LogP contribution in [-0.4, -0.2) is 37.5 Å². The maximum Gasteiger partial charge on any atom is 0.123 e. The Morgan fingerprint density at radius 3 is 2.56 bits per heavy atom. The van der Waals surface area contributed by atoms with E-state index in [1.54, 1.807) is 12.7 Å². The predicted octanol–water partition coefficient (Wildman–Crippen LogP) is 4.56. The fourth-order valence-electron chi connectivity index (χ4n) is 5.07. The van der Waals surface area contributed by atoms with Crippen LogP contribution in [0, 0.1) is 5.92 Å². The van der Waals surface area contributed by atoms with E-state index in [9.17, 15) is 5.11 Å². The number of nitrogens with zero attached hydrogens (tertiary/aromatic N) is 3. The molecule has 1 saturated carbocycles. The summed E-state index contributed by atoms with van der Waals surface area (Å²) in [5, 5.41) is 22.7. The zero-order chi connectivity index (χ0) is 21.8. The van der Waals surface area contributed by atoms with Gasteiger partial charge in [0.15, 0.2) is 0 Å². The molecule has 2 aromatic carbocycles. The summed E-state index contributed by atoms with van der Waals surface area (Å²) in [6, 6.07) is 17.3. The summed E-state index contributed by atoms with van der Waals surface area (Å²) in [7, 11) is 0. The average molecular weight is 430 g/mol. The Hall–Kier alpha value is -2.96. The molecule has 6 heteroatoms. The highest BCUT2D eigenvalue weighted by Crippen LogP contribution is 2.31. The van der Waals surface area contributed by atoms with Crippen molar-refractivity contribution < 1.29 is 5.11 Å². The zero-order valence-corrected chi connectivity index (χ0v) is 18.3. The third-order valence-electron chi connectivity index (χ3n) is 6.96. The molecule has 0 bridgehead atoms. The highest BCUT2D eigenvalue weighted by atomic mass is 16.3. The van der Waals surface area contributed by atoms with E-state index in [2.05, 4.69) is 57.0 Å². The van der Waals surface area contributed by atoms with Gasteiger partial charge < -0.3 is 15.4 Å². The lowest BCUT2D eigenvalue weighted by atomic mass is 9.82. The van der Waals surface area contributed by atoms with Crippen LogP contribution < -0.4 is 5.32 Å². The molecule has 0 saturated heterocycles. The van der Waals surface area contributed by atoms with Crippen LogP contribution in [0.25, 0.3) is 16.6 Å². The van der Waals surface area contributed by atoms with Gasteiger partial charge in [-0.3, -0.25) is 4.57 Å². The molecule has 32 heavy (non-hydrogen) atoms. The number of aromatic amines is 1. The molecule has 3 N–H and O–H groups in total. The van der Waals surface area contributed by atoms with Crippen molar-refractivity contribution in [3.63, 3.8) is 0 Å². The van der Waals surface area contributed by atoms with Gasteiger partial charge in [0.1, 0.15) is 12.7 Å². The molecule has 0 amide bonds. The van der Waals surface area contributed by atoms with E-state index >= 15 is 0 Å². The maximum absolute atomic E-state index is 9.84. The van der Waals surface area contributed by atoms with Crippen molar-refractivity contribution in [3.8, 4) is 5.69 Å². The van der Waals surface area contributed by atoms with Gasteiger partial charge in [0, 0.05) is 28.8 Å². The van der Waals surface area contributed by atoms with Crippen molar-refractivity contribution >= 4 is 10.9 Å². The molecule has 6 nitrogen and oxygen atoms in total. The zero-order valence-electron chi connectivity index (χ0n) is 18.3. The van der Waals surface area contributed by atoms with Crippen LogP contribution >= 0.6 is 0 Å². The molecule has 2 heterocycles. The monoisotopic (exact) mass is 429 g/mol. The van der Waals surface area contributed by atoms with E-state index < -0.39 is 0 Å². The molecule has 0 unspecified atom stereocenters. The Morgan fingerprint density at radius 1 is 1.03 bits per heavy atom. The van der Waals surface area contributed by atoms with Crippen LogP contribution in [0.4, 0.5) is 0 Å². The van der Waals surface area contributed by atoms with Crippen LogP contribution in [0.3, 0.4) is 0 Å². The summed E-state index contributed by atoms with van der Waals surface area (Å²) in [5.74, 6) is 0.767. The third-order valence-corrected chi connectivity index (χ3v) is 6.96. The standard InChI is InChI=1S/C26H31N5O/c32-16-26(20-4-2-1-3-5-20)30-22-10-7-19(8-11-22)6-9-21-15-27-25-13-12-23(14-24(21)25)31-17-28-29-18-31/h1-5,12-15,17-19,22,26-27,30,32H,6-11,16H2/t19?,22?,26-/m1/s1. The lowest BCUT2D eigenvalue weighted by molar-refractivity contribution is 0.205. The Labute approximate surface area is 188 Å². The fourth-order valence-corrected chi connectivity index (χ4v) is 5.07. The van der Waals surface area contributed by atoms with E-state index in [1.807, 2.05) is 22.8 Å². The van der Waals surface area contributed by atoms with Gasteiger partial charge in [-0.2, -0.15) is 0 Å². The molecular weight excluding hydrogens is 398 g/mol. The number of nitrogens with one attached hydrogen (secondary N) is 2. The largest absolute Gasteiger partial charge is 0.394 e. The second-order valence-electron chi connectivity index (χ2n) is 8.98. The van der Waals surface area contributed by atoms with Crippen molar-refractivity contribution in [3.05, 3.63) is 78.5 Å². The molecule has 1 aliphatic rings. The molecule has 4 aromatic rings. The lowest BCUT2D eigenvalue weighted by Crippen LogP contribution is -2.37. The van der Waals surface area contributed by atoms with Crippen LogP contribution in [0.5, 0.6) is 0 Å². The van der Waals surface area contributed by atoms with Gasteiger partial charge in [0.05, 0.1) is 12.6 Å². The summed E-state index contributed by atoms with van der Waals surface area (Å²) >= 11 is 0. The van der Waals surface area contributed by atoms with Gasteiger partial charge in [-0.15, -0.1) is 10.2 Å². The summed E-state index contributed by atoms with van der Waals surface area (Å²) in [6.07, 6.45) is 12.8. The molecule has 1 fully saturated rings. The summed E-state index contributed by atoms with van der Waals surface area (Å²) in [5.41, 5.74) is 4.83. The number of aryl methyl sites for hydroxylation is 1. The highest BCUT2D eigenvalue weighted by molar-refractivity contribution is 5.85. The van der Waals surface area contributed by atoms with Gasteiger partial charge in [-0.25, -0.2) is 0 Å². The maximum atomic E-state index is 9.84. The smallest absolute Gasteiger partial charge is 0.123 e. The van der Waals surface area contributed by atoms with Crippen LogP contribution in [0.2, 0.25) is 0 Å². The van der Waals surface area contributed by atoms with Gasteiger partial charge in [0.25, 0.3) is 0 Å². The van der Waals surface area contributed by atoms with Crippen molar-refractivity contribution in [2.75, 3.05) is 6.61 Å². The minimum atomic E-state index is 0.0314. The number of fused-ring (bicyclic) bond motifs is 1. The number of benzene rings is 2. The topological polar surface area (TPSA) is 78.8 Å². The molecule has 0 radical (unpaired) electrons. The van der Waals surface area contributed by atoms with Gasteiger partial charge >= 0.3 is 0 Å². The first-order chi connectivity index (χ1) is 15.8. The first-order valence-electron chi connectivity index (χ1n) is 11.7. The number of hydrogen-bond acceptors (Lipinski definition) is 4. The van der Waals surface area contributed by atoms with Crippen molar-refractivity contribution in [2.45, 2.75) is 50.6 Å². The molecule has 0 aliphatic heterocycles. The van der Waals surface area contributed by atoms with E-state index in [4.69, 9.17) is 0 Å². The SMILES string of the molecule is OC[C@@H](NC1CCC(CCc2c[nH]c3ccc(-n4cnnc4)cc23)CC1)c1ccccc1. The molecular formula is C26H31N5O. The normalized spacial score (nSPS) is 19.9. The molecule has 2 aromatic heterocycles. The number of aromatic nitrogens is 4. The lowest BCUT2D eigenvalue weighted by Gasteiger charge is -2.32. The second kappa shape index (κ2) is 9.67. The number of hydrogen-bond donors (Lipinski definition) is 3. The summed E-state index contributed by atoms with van der Waals surface area (Å²) in [4.78, 5) is 3.42. The van der Waals surface area contributed by atoms with Crippen molar-refractivity contribution in [1.82, 2.24) is 25.1 Å². The fraction of sp³-hybridized carbons (Fsp3) is 0.385. The van der Waals surface area contributed by atoms with E-state index in [-0.39, 0.29) is 12.6 Å². The van der Waals surface area contributed by atoms with Gasteiger partial charge in [-0.05, 0) is 73.8 Å². The number of rotatable bonds is 8. The summed E-state index contributed by atoms with van der Waals surface area (Å²) in [6.45, 7) is 0.141. The van der Waals surface area contributed by atoms with Crippen LogP contribution in [0.15, 0.2) is 67.4 Å².